The second kappa shape index (κ2) is 11.6. The minimum absolute atomic E-state index is 0.0149. The number of anilines is 1. The number of halogens is 2. The minimum Gasteiger partial charge on any atom is -0.478 e. The van der Waals surface area contributed by atoms with Crippen LogP contribution in [0, 0.1) is 23.5 Å². The van der Waals surface area contributed by atoms with E-state index in [9.17, 15) is 23.2 Å². The Morgan fingerprint density at radius 3 is 2.02 bits per heavy atom. The van der Waals surface area contributed by atoms with Gasteiger partial charge in [-0.2, -0.15) is 0 Å². The van der Waals surface area contributed by atoms with Crippen molar-refractivity contribution in [3.63, 3.8) is 0 Å². The molecule has 0 radical (unpaired) electrons. The highest BCUT2D eigenvalue weighted by Crippen LogP contribution is 2.50. The third kappa shape index (κ3) is 5.94. The molecule has 1 aromatic heterocycles. The van der Waals surface area contributed by atoms with E-state index < -0.39 is 23.6 Å². The number of para-hydroxylation sites is 2. The van der Waals surface area contributed by atoms with Crippen molar-refractivity contribution in [3.8, 4) is 0 Å². The molecule has 2 aliphatic carbocycles. The molecular weight excluding hydrogens is 522 g/mol. The largest absolute Gasteiger partial charge is 0.478 e. The molecule has 0 bridgehead atoms. The molecular formula is C29H32F2N4O5. The third-order valence-corrected chi connectivity index (χ3v) is 8.42. The molecule has 2 aromatic carbocycles. The molecule has 2 atom stereocenters. The molecule has 3 N–H and O–H groups in total. The number of nitrogens with zero attached hydrogens (tertiary/aromatic N) is 3. The maximum absolute atomic E-state index is 13.6. The van der Waals surface area contributed by atoms with Gasteiger partial charge in [0.2, 0.25) is 0 Å². The number of aliphatic carboxylic acids is 2. The van der Waals surface area contributed by atoms with E-state index in [4.69, 9.17) is 10.2 Å². The quantitative estimate of drug-likeness (QED) is 0.410. The van der Waals surface area contributed by atoms with Gasteiger partial charge in [-0.3, -0.25) is 9.47 Å². The van der Waals surface area contributed by atoms with Gasteiger partial charge in [-0.1, -0.05) is 12.1 Å². The van der Waals surface area contributed by atoms with Crippen LogP contribution in [0.25, 0.3) is 11.0 Å². The Balaban J connectivity index is 0.000000355. The molecule has 2 saturated carbocycles. The molecule has 1 saturated heterocycles. The predicted molar refractivity (Wildman–Crippen MR) is 145 cm³/mol. The summed E-state index contributed by atoms with van der Waals surface area (Å²) < 4.78 is 28.8. The van der Waals surface area contributed by atoms with Gasteiger partial charge in [-0.25, -0.2) is 23.2 Å². The number of fused-ring (bicyclic) bond motifs is 2. The van der Waals surface area contributed by atoms with E-state index in [1.54, 1.807) is 6.07 Å². The number of aromatic amines is 1. The summed E-state index contributed by atoms with van der Waals surface area (Å²) in [6.07, 6.45) is 5.67. The van der Waals surface area contributed by atoms with Crippen molar-refractivity contribution in [1.29, 1.82) is 0 Å². The summed E-state index contributed by atoms with van der Waals surface area (Å²) in [6.45, 7) is 3.58. The van der Waals surface area contributed by atoms with Crippen molar-refractivity contribution in [2.75, 3.05) is 31.1 Å². The predicted octanol–water partition coefficient (Wildman–Crippen LogP) is 3.87. The van der Waals surface area contributed by atoms with Crippen LogP contribution >= 0.6 is 0 Å². The second-order valence-corrected chi connectivity index (χ2v) is 10.7. The number of nitrogens with one attached hydrogen (secondary N) is 1. The fraction of sp³-hybridized carbons (Fsp3) is 0.414. The summed E-state index contributed by atoms with van der Waals surface area (Å²) in [5, 5.41) is 15.6. The molecule has 9 nitrogen and oxygen atoms in total. The molecule has 1 aliphatic heterocycles. The Morgan fingerprint density at radius 1 is 0.825 bits per heavy atom. The Kier molecular flexibility index (Phi) is 8.02. The monoisotopic (exact) mass is 554 g/mol. The van der Waals surface area contributed by atoms with Crippen LogP contribution in [0.2, 0.25) is 0 Å². The summed E-state index contributed by atoms with van der Waals surface area (Å²) in [5.74, 6) is -2.74. The topological polar surface area (TPSA) is 119 Å². The molecule has 0 spiro atoms. The lowest BCUT2D eigenvalue weighted by Crippen LogP contribution is -2.50. The summed E-state index contributed by atoms with van der Waals surface area (Å²) >= 11 is 0. The highest BCUT2D eigenvalue weighted by molar-refractivity contribution is 5.89. The average Bonchev–Trinajstić information content (AvgIpc) is 3.60. The van der Waals surface area contributed by atoms with E-state index in [0.717, 1.165) is 55.7 Å². The lowest BCUT2D eigenvalue weighted by Gasteiger charge is -2.39. The molecule has 0 amide bonds. The van der Waals surface area contributed by atoms with Gasteiger partial charge in [-0.05, 0) is 61.8 Å². The smallest absolute Gasteiger partial charge is 0.328 e. The van der Waals surface area contributed by atoms with Crippen molar-refractivity contribution in [1.82, 2.24) is 14.5 Å². The van der Waals surface area contributed by atoms with Crippen LogP contribution < -0.4 is 10.6 Å². The zero-order chi connectivity index (χ0) is 28.4. The number of rotatable bonds is 5. The number of carboxylic acid groups (broad SMARTS) is 2. The van der Waals surface area contributed by atoms with Crippen molar-refractivity contribution in [2.24, 2.45) is 11.8 Å². The van der Waals surface area contributed by atoms with E-state index in [0.29, 0.717) is 36.1 Å². The first-order chi connectivity index (χ1) is 19.2. The van der Waals surface area contributed by atoms with E-state index in [-0.39, 0.29) is 5.69 Å². The Morgan fingerprint density at radius 2 is 1.43 bits per heavy atom. The molecule has 212 valence electrons. The molecule has 3 fully saturated rings. The Bertz CT molecular complexity index is 1450. The van der Waals surface area contributed by atoms with Gasteiger partial charge in [0.05, 0.1) is 11.0 Å². The van der Waals surface area contributed by atoms with E-state index in [1.165, 1.54) is 25.0 Å². The molecule has 6 rings (SSSR count). The number of hydrogen-bond donors (Lipinski definition) is 3. The highest BCUT2D eigenvalue weighted by atomic mass is 19.2. The SMILES string of the molecule is O=C(O)/C=C/C(=O)O.O=c1[nH]c2ccccc2n1C1CC2CC(N3CCN(c4ccc(F)c(F)c4)CC3)CC2C1. The lowest BCUT2D eigenvalue weighted by atomic mass is 10.0. The van der Waals surface area contributed by atoms with Gasteiger partial charge in [0.15, 0.2) is 11.6 Å². The van der Waals surface area contributed by atoms with Crippen LogP contribution in [0.1, 0.15) is 31.7 Å². The number of hydrogen-bond acceptors (Lipinski definition) is 5. The van der Waals surface area contributed by atoms with E-state index in [1.807, 2.05) is 28.8 Å². The number of H-pyrrole nitrogens is 1. The van der Waals surface area contributed by atoms with E-state index in [2.05, 4.69) is 14.8 Å². The second-order valence-electron chi connectivity index (χ2n) is 10.7. The van der Waals surface area contributed by atoms with Crippen LogP contribution in [-0.4, -0.2) is 68.8 Å². The number of aromatic nitrogens is 2. The van der Waals surface area contributed by atoms with Crippen LogP contribution in [0.4, 0.5) is 14.5 Å². The number of piperazine rings is 1. The molecule has 40 heavy (non-hydrogen) atoms. The van der Waals surface area contributed by atoms with Crippen LogP contribution in [-0.2, 0) is 9.59 Å². The average molecular weight is 555 g/mol. The van der Waals surface area contributed by atoms with Crippen LogP contribution in [0.3, 0.4) is 0 Å². The highest BCUT2D eigenvalue weighted by Gasteiger charge is 2.44. The summed E-state index contributed by atoms with van der Waals surface area (Å²) in [4.78, 5) is 39.4. The zero-order valence-electron chi connectivity index (χ0n) is 21.9. The van der Waals surface area contributed by atoms with Crippen molar-refractivity contribution in [3.05, 3.63) is 76.7 Å². The minimum atomic E-state index is -1.26. The first-order valence-electron chi connectivity index (χ1n) is 13.5. The number of carboxylic acids is 2. The normalized spacial score (nSPS) is 24.7. The fourth-order valence-electron chi connectivity index (χ4n) is 6.67. The summed E-state index contributed by atoms with van der Waals surface area (Å²) in [6, 6.07) is 13.0. The van der Waals surface area contributed by atoms with E-state index >= 15 is 0 Å². The number of benzene rings is 2. The Hall–Kier alpha value is -3.99. The fourth-order valence-corrected chi connectivity index (χ4v) is 6.67. The van der Waals surface area contributed by atoms with Crippen LogP contribution in [0.15, 0.2) is 59.4 Å². The van der Waals surface area contributed by atoms with Gasteiger partial charge < -0.3 is 20.1 Å². The maximum Gasteiger partial charge on any atom is 0.328 e. The summed E-state index contributed by atoms with van der Waals surface area (Å²) in [7, 11) is 0. The van der Waals surface area contributed by atoms with Gasteiger partial charge in [-0.15, -0.1) is 0 Å². The van der Waals surface area contributed by atoms with Crippen molar-refractivity contribution < 1.29 is 28.6 Å². The standard InChI is InChI=1S/C25H28F2N4O.C4H4O4/c26-21-6-5-18(15-22(21)27)29-7-9-30(10-8-29)19-11-16-13-20(14-17(16)12-19)31-24-4-2-1-3-23(24)28-25(31)32;5-3(6)1-2-4(7)8/h1-6,15-17,19-20H,7-14H2,(H,28,32);1-2H,(H,5,6)(H,7,8)/b;2-1+. The van der Waals surface area contributed by atoms with Crippen molar-refractivity contribution in [2.45, 2.75) is 37.8 Å². The maximum atomic E-state index is 13.6. The van der Waals surface area contributed by atoms with Gasteiger partial charge in [0.1, 0.15) is 0 Å². The summed E-state index contributed by atoms with van der Waals surface area (Å²) in [5.41, 5.74) is 2.72. The Labute approximate surface area is 229 Å². The van der Waals surface area contributed by atoms with Crippen molar-refractivity contribution >= 4 is 28.7 Å². The number of carbonyl (C=O) groups is 2. The van der Waals surface area contributed by atoms with Crippen LogP contribution in [0.5, 0.6) is 0 Å². The molecule has 2 heterocycles. The van der Waals surface area contributed by atoms with Gasteiger partial charge >= 0.3 is 17.6 Å². The van der Waals surface area contributed by atoms with Gasteiger partial charge in [0.25, 0.3) is 0 Å². The zero-order valence-corrected chi connectivity index (χ0v) is 21.9. The first kappa shape index (κ1) is 27.6. The molecule has 11 heteroatoms. The first-order valence-corrected chi connectivity index (χ1v) is 13.5. The van der Waals surface area contributed by atoms with Gasteiger partial charge in [0, 0.05) is 62.2 Å². The molecule has 3 aromatic rings. The molecule has 2 unspecified atom stereocenters. The third-order valence-electron chi connectivity index (χ3n) is 8.42. The number of imidazole rings is 1. The lowest BCUT2D eigenvalue weighted by molar-refractivity contribution is -0.134. The molecule has 3 aliphatic rings.